The highest BCUT2D eigenvalue weighted by molar-refractivity contribution is 7.11. The highest BCUT2D eigenvalue weighted by Gasteiger charge is 2.09. The second-order valence-corrected chi connectivity index (χ2v) is 5.86. The van der Waals surface area contributed by atoms with Gasteiger partial charge in [-0.2, -0.15) is 0 Å². The summed E-state index contributed by atoms with van der Waals surface area (Å²) in [7, 11) is 0. The van der Waals surface area contributed by atoms with Gasteiger partial charge in [0.15, 0.2) is 0 Å². The molecule has 1 aromatic carbocycles. The minimum absolute atomic E-state index is 0.929. The number of rotatable bonds is 2. The molecule has 3 heteroatoms. The first-order valence-corrected chi connectivity index (χ1v) is 6.96. The van der Waals surface area contributed by atoms with Gasteiger partial charge in [-0.15, -0.1) is 11.3 Å². The van der Waals surface area contributed by atoms with Gasteiger partial charge < -0.3 is 4.42 Å². The van der Waals surface area contributed by atoms with Crippen LogP contribution in [0.2, 0.25) is 0 Å². The average Bonchev–Trinajstić information content (AvgIpc) is 2.90. The molecule has 0 radical (unpaired) electrons. The zero-order valence-electron chi connectivity index (χ0n) is 10.8. The van der Waals surface area contributed by atoms with E-state index in [0.29, 0.717) is 0 Å². The summed E-state index contributed by atoms with van der Waals surface area (Å²) in [5.74, 6) is 1.04. The fourth-order valence-corrected chi connectivity index (χ4v) is 3.06. The van der Waals surface area contributed by atoms with Crippen molar-refractivity contribution in [3.63, 3.8) is 0 Å². The summed E-state index contributed by atoms with van der Waals surface area (Å²) >= 11 is 1.74. The summed E-state index contributed by atoms with van der Waals surface area (Å²) in [6.07, 6.45) is 0.929. The topological polar surface area (TPSA) is 26.0 Å². The molecule has 0 saturated heterocycles. The molecule has 0 aliphatic rings. The van der Waals surface area contributed by atoms with E-state index in [-0.39, 0.29) is 0 Å². The molecule has 2 aromatic heterocycles. The number of furan rings is 1. The predicted molar refractivity (Wildman–Crippen MR) is 76.2 cm³/mol. The molecule has 0 spiro atoms. The Hall–Kier alpha value is -1.61. The molecule has 18 heavy (non-hydrogen) atoms. The predicted octanol–water partition coefficient (Wildman–Crippen LogP) is 4.74. The molecular formula is C15H15NOS. The summed E-state index contributed by atoms with van der Waals surface area (Å²) in [6.45, 7) is 6.27. The van der Waals surface area contributed by atoms with E-state index in [1.54, 1.807) is 11.3 Å². The van der Waals surface area contributed by atoms with Gasteiger partial charge in [0, 0.05) is 22.2 Å². The van der Waals surface area contributed by atoms with Gasteiger partial charge in [0.2, 0.25) is 0 Å². The van der Waals surface area contributed by atoms with Gasteiger partial charge >= 0.3 is 0 Å². The van der Waals surface area contributed by atoms with Gasteiger partial charge in [-0.3, -0.25) is 0 Å². The maximum absolute atomic E-state index is 5.73. The normalized spacial score (nSPS) is 11.3. The average molecular weight is 257 g/mol. The summed E-state index contributed by atoms with van der Waals surface area (Å²) < 4.78 is 5.73. The smallest absolute Gasteiger partial charge is 0.134 e. The number of thiazole rings is 1. The lowest BCUT2D eigenvalue weighted by atomic mass is 10.1. The molecule has 2 heterocycles. The van der Waals surface area contributed by atoms with Gasteiger partial charge in [-0.25, -0.2) is 4.98 Å². The van der Waals surface area contributed by atoms with Crippen LogP contribution in [0.1, 0.15) is 22.6 Å². The number of benzene rings is 1. The maximum Gasteiger partial charge on any atom is 0.134 e. The highest BCUT2D eigenvalue weighted by atomic mass is 32.1. The third-order valence-electron chi connectivity index (χ3n) is 3.09. The van der Waals surface area contributed by atoms with Crippen LogP contribution in [0.4, 0.5) is 0 Å². The van der Waals surface area contributed by atoms with Crippen molar-refractivity contribution >= 4 is 22.3 Å². The van der Waals surface area contributed by atoms with Crippen molar-refractivity contribution in [2.45, 2.75) is 27.2 Å². The molecule has 0 aliphatic carbocycles. The molecule has 0 fully saturated rings. The molecule has 0 aliphatic heterocycles. The number of fused-ring (bicyclic) bond motifs is 1. The number of hydrogen-bond acceptors (Lipinski definition) is 3. The lowest BCUT2D eigenvalue weighted by Gasteiger charge is -1.98. The fourth-order valence-electron chi connectivity index (χ4n) is 2.22. The van der Waals surface area contributed by atoms with Crippen LogP contribution in [0.3, 0.4) is 0 Å². The number of hydrogen-bond donors (Lipinski definition) is 0. The van der Waals surface area contributed by atoms with E-state index in [9.17, 15) is 0 Å². The molecule has 2 nitrogen and oxygen atoms in total. The third-order valence-corrected chi connectivity index (χ3v) is 3.98. The van der Waals surface area contributed by atoms with Crippen LogP contribution in [-0.2, 0) is 6.42 Å². The molecular weight excluding hydrogens is 242 g/mol. The van der Waals surface area contributed by atoms with Crippen molar-refractivity contribution in [3.8, 4) is 11.3 Å². The van der Waals surface area contributed by atoms with E-state index < -0.39 is 0 Å². The van der Waals surface area contributed by atoms with E-state index >= 15 is 0 Å². The first kappa shape index (κ1) is 11.5. The maximum atomic E-state index is 5.73. The van der Waals surface area contributed by atoms with E-state index in [4.69, 9.17) is 4.42 Å². The first-order chi connectivity index (χ1) is 8.67. The van der Waals surface area contributed by atoms with Crippen LogP contribution < -0.4 is 0 Å². The molecule has 92 valence electrons. The highest BCUT2D eigenvalue weighted by Crippen LogP contribution is 2.30. The summed E-state index contributed by atoms with van der Waals surface area (Å²) in [5, 5.41) is 2.28. The molecule has 0 saturated carbocycles. The Bertz CT molecular complexity index is 708. The number of aromatic nitrogens is 1. The summed E-state index contributed by atoms with van der Waals surface area (Å²) in [4.78, 5) is 5.87. The van der Waals surface area contributed by atoms with Crippen molar-refractivity contribution in [1.82, 2.24) is 4.98 Å². The van der Waals surface area contributed by atoms with Crippen LogP contribution in [0.25, 0.3) is 22.2 Å². The monoisotopic (exact) mass is 257 g/mol. The lowest BCUT2D eigenvalue weighted by Crippen LogP contribution is -1.80. The second kappa shape index (κ2) is 4.25. The Kier molecular flexibility index (Phi) is 2.71. The van der Waals surface area contributed by atoms with Crippen LogP contribution >= 0.6 is 11.3 Å². The number of nitrogens with zero attached hydrogens (tertiary/aromatic N) is 1. The van der Waals surface area contributed by atoms with Gasteiger partial charge in [-0.1, -0.05) is 6.92 Å². The van der Waals surface area contributed by atoms with E-state index in [1.807, 2.05) is 13.0 Å². The molecule has 0 N–H and O–H groups in total. The Balaban J connectivity index is 2.15. The standard InChI is InChI=1S/C15H15NOS/c1-4-13-8-12-7-11(5-6-14(12)17-13)15-9(2)18-10(3)16-15/h5-8H,4H2,1-3H3. The van der Waals surface area contributed by atoms with Crippen molar-refractivity contribution < 1.29 is 4.42 Å². The van der Waals surface area contributed by atoms with Crippen molar-refractivity contribution in [3.05, 3.63) is 39.9 Å². The molecule has 0 bridgehead atoms. The van der Waals surface area contributed by atoms with Crippen LogP contribution in [-0.4, -0.2) is 4.98 Å². The number of aryl methyl sites for hydroxylation is 3. The van der Waals surface area contributed by atoms with E-state index in [2.05, 4.69) is 37.0 Å². The van der Waals surface area contributed by atoms with Crippen molar-refractivity contribution in [1.29, 1.82) is 0 Å². The zero-order chi connectivity index (χ0) is 12.7. The lowest BCUT2D eigenvalue weighted by molar-refractivity contribution is 0.557. The van der Waals surface area contributed by atoms with E-state index in [0.717, 1.165) is 33.9 Å². The van der Waals surface area contributed by atoms with Gasteiger partial charge in [-0.05, 0) is 38.1 Å². The Morgan fingerprint density at radius 1 is 1.22 bits per heavy atom. The van der Waals surface area contributed by atoms with Crippen LogP contribution in [0, 0.1) is 13.8 Å². The van der Waals surface area contributed by atoms with Crippen LogP contribution in [0.5, 0.6) is 0 Å². The minimum atomic E-state index is 0.929. The van der Waals surface area contributed by atoms with Gasteiger partial charge in [0.25, 0.3) is 0 Å². The SMILES string of the molecule is CCc1cc2cc(-c3nc(C)sc3C)ccc2o1. The largest absolute Gasteiger partial charge is 0.461 e. The van der Waals surface area contributed by atoms with E-state index in [1.165, 1.54) is 10.4 Å². The van der Waals surface area contributed by atoms with Crippen LogP contribution in [0.15, 0.2) is 28.7 Å². The van der Waals surface area contributed by atoms with Gasteiger partial charge in [0.05, 0.1) is 10.7 Å². The molecule has 3 aromatic rings. The fraction of sp³-hybridized carbons (Fsp3) is 0.267. The third kappa shape index (κ3) is 1.85. The summed E-state index contributed by atoms with van der Waals surface area (Å²) in [6, 6.07) is 8.41. The minimum Gasteiger partial charge on any atom is -0.461 e. The Morgan fingerprint density at radius 3 is 2.72 bits per heavy atom. The molecule has 0 atom stereocenters. The molecule has 0 unspecified atom stereocenters. The Labute approximate surface area is 110 Å². The second-order valence-electron chi connectivity index (χ2n) is 4.46. The van der Waals surface area contributed by atoms with Gasteiger partial charge in [0.1, 0.15) is 11.3 Å². The molecule has 3 rings (SSSR count). The molecule has 0 amide bonds. The summed E-state index contributed by atoms with van der Waals surface area (Å²) in [5.41, 5.74) is 3.23. The Morgan fingerprint density at radius 2 is 2.06 bits per heavy atom. The van der Waals surface area contributed by atoms with Crippen molar-refractivity contribution in [2.75, 3.05) is 0 Å². The quantitative estimate of drug-likeness (QED) is 0.663. The zero-order valence-corrected chi connectivity index (χ0v) is 11.6. The van der Waals surface area contributed by atoms with Crippen molar-refractivity contribution in [2.24, 2.45) is 0 Å². The first-order valence-electron chi connectivity index (χ1n) is 6.14.